The van der Waals surface area contributed by atoms with E-state index in [1.807, 2.05) is 24.3 Å². The third-order valence-corrected chi connectivity index (χ3v) is 4.77. The Balaban J connectivity index is 1.63. The van der Waals surface area contributed by atoms with Crippen molar-refractivity contribution in [2.24, 2.45) is 0 Å². The van der Waals surface area contributed by atoms with Gasteiger partial charge in [0.05, 0.1) is 6.54 Å². The first-order chi connectivity index (χ1) is 12.5. The number of carbonyl (C=O) groups excluding carboxylic acids is 1. The van der Waals surface area contributed by atoms with Gasteiger partial charge in [0.1, 0.15) is 23.8 Å². The van der Waals surface area contributed by atoms with E-state index in [0.29, 0.717) is 30.7 Å². The van der Waals surface area contributed by atoms with Crippen LogP contribution >= 0.6 is 0 Å². The number of amides is 1. The number of benzene rings is 2. The van der Waals surface area contributed by atoms with Crippen LogP contribution in [0.25, 0.3) is 0 Å². The van der Waals surface area contributed by atoms with Gasteiger partial charge in [0.15, 0.2) is 0 Å². The molecule has 0 radical (unpaired) electrons. The largest absolute Gasteiger partial charge is 0.491 e. The van der Waals surface area contributed by atoms with E-state index in [-0.39, 0.29) is 24.9 Å². The lowest BCUT2D eigenvalue weighted by Crippen LogP contribution is -2.53. The fourth-order valence-corrected chi connectivity index (χ4v) is 3.22. The van der Waals surface area contributed by atoms with E-state index in [9.17, 15) is 14.3 Å². The second-order valence-electron chi connectivity index (χ2n) is 6.85. The Hall–Kier alpha value is -2.40. The highest BCUT2D eigenvalue weighted by Crippen LogP contribution is 2.24. The average molecular weight is 357 g/mol. The van der Waals surface area contributed by atoms with Crippen LogP contribution in [0.2, 0.25) is 0 Å². The lowest BCUT2D eigenvalue weighted by molar-refractivity contribution is -0.0532. The van der Waals surface area contributed by atoms with E-state index in [4.69, 9.17) is 4.74 Å². The van der Waals surface area contributed by atoms with Crippen LogP contribution in [0.3, 0.4) is 0 Å². The number of likely N-dealkylation sites (tertiary alicyclic amines) is 1. The zero-order chi connectivity index (χ0) is 18.6. The molecule has 1 saturated heterocycles. The van der Waals surface area contributed by atoms with Crippen molar-refractivity contribution in [3.63, 3.8) is 0 Å². The smallest absolute Gasteiger partial charge is 0.253 e. The molecule has 1 amide bonds. The molecule has 138 valence electrons. The maximum absolute atomic E-state index is 13.0. The summed E-state index contributed by atoms with van der Waals surface area (Å²) in [6.45, 7) is 2.98. The molecule has 3 rings (SSSR count). The molecule has 0 spiro atoms. The normalized spacial score (nSPS) is 20.0. The van der Waals surface area contributed by atoms with Crippen molar-refractivity contribution >= 4 is 5.91 Å². The Morgan fingerprint density at radius 1 is 1.19 bits per heavy atom. The van der Waals surface area contributed by atoms with E-state index in [2.05, 4.69) is 6.92 Å². The second-order valence-corrected chi connectivity index (χ2v) is 6.85. The van der Waals surface area contributed by atoms with Gasteiger partial charge < -0.3 is 14.7 Å². The molecule has 1 heterocycles. The van der Waals surface area contributed by atoms with Crippen LogP contribution in [0, 0.1) is 5.82 Å². The van der Waals surface area contributed by atoms with E-state index in [0.717, 1.165) is 6.42 Å². The highest BCUT2D eigenvalue weighted by Gasteiger charge is 2.36. The molecule has 1 aliphatic heterocycles. The Morgan fingerprint density at radius 3 is 2.54 bits per heavy atom. The predicted octanol–water partition coefficient (Wildman–Crippen LogP) is 3.43. The molecule has 2 aromatic carbocycles. The Kier molecular flexibility index (Phi) is 5.57. The standard InChI is InChI=1S/C21H24FNO3/c1-2-16-4-6-17(7-5-16)20(24)23-13-3-12-21(25,14-23)15-26-19-10-8-18(22)9-11-19/h4-11,25H,2-3,12-15H2,1H3. The zero-order valence-electron chi connectivity index (χ0n) is 15.0. The van der Waals surface area contributed by atoms with Gasteiger partial charge in [0, 0.05) is 12.1 Å². The first-order valence-corrected chi connectivity index (χ1v) is 8.98. The lowest BCUT2D eigenvalue weighted by Gasteiger charge is -2.39. The fraction of sp³-hybridized carbons (Fsp3) is 0.381. The summed E-state index contributed by atoms with van der Waals surface area (Å²) in [5.41, 5.74) is 0.710. The van der Waals surface area contributed by atoms with Crippen molar-refractivity contribution in [3.8, 4) is 5.75 Å². The second kappa shape index (κ2) is 7.87. The van der Waals surface area contributed by atoms with Crippen molar-refractivity contribution in [2.45, 2.75) is 31.8 Å². The maximum atomic E-state index is 13.0. The summed E-state index contributed by atoms with van der Waals surface area (Å²) in [5.74, 6) is 0.0885. The number of aliphatic hydroxyl groups is 1. The molecular weight excluding hydrogens is 333 g/mol. The summed E-state index contributed by atoms with van der Waals surface area (Å²) >= 11 is 0. The molecule has 1 N–H and O–H groups in total. The molecule has 0 aliphatic carbocycles. The average Bonchev–Trinajstić information content (AvgIpc) is 2.67. The van der Waals surface area contributed by atoms with Crippen LogP contribution in [0.15, 0.2) is 48.5 Å². The summed E-state index contributed by atoms with van der Waals surface area (Å²) < 4.78 is 18.6. The molecule has 0 bridgehead atoms. The molecule has 1 unspecified atom stereocenters. The number of piperidine rings is 1. The predicted molar refractivity (Wildman–Crippen MR) is 97.8 cm³/mol. The number of halogens is 1. The van der Waals surface area contributed by atoms with Gasteiger partial charge in [-0.15, -0.1) is 0 Å². The Bertz CT molecular complexity index is 745. The fourth-order valence-electron chi connectivity index (χ4n) is 3.22. The lowest BCUT2D eigenvalue weighted by atomic mass is 9.93. The SMILES string of the molecule is CCc1ccc(C(=O)N2CCCC(O)(COc3ccc(F)cc3)C2)cc1. The van der Waals surface area contributed by atoms with Crippen molar-refractivity contribution < 1.29 is 19.0 Å². The van der Waals surface area contributed by atoms with Gasteiger partial charge in [0.25, 0.3) is 5.91 Å². The number of ether oxygens (including phenoxy) is 1. The number of aryl methyl sites for hydroxylation is 1. The molecule has 2 aromatic rings. The highest BCUT2D eigenvalue weighted by atomic mass is 19.1. The minimum absolute atomic E-state index is 0.0667. The van der Waals surface area contributed by atoms with E-state index in [1.165, 1.54) is 29.8 Å². The molecule has 4 nitrogen and oxygen atoms in total. The molecule has 0 saturated carbocycles. The summed E-state index contributed by atoms with van der Waals surface area (Å²) in [7, 11) is 0. The minimum Gasteiger partial charge on any atom is -0.491 e. The van der Waals surface area contributed by atoms with Crippen LogP contribution in [0.1, 0.15) is 35.7 Å². The van der Waals surface area contributed by atoms with Gasteiger partial charge in [-0.05, 0) is 61.2 Å². The summed E-state index contributed by atoms with van der Waals surface area (Å²) in [6.07, 6.45) is 2.20. The number of hydrogen-bond donors (Lipinski definition) is 1. The Morgan fingerprint density at radius 2 is 1.88 bits per heavy atom. The Labute approximate surface area is 153 Å². The molecule has 26 heavy (non-hydrogen) atoms. The van der Waals surface area contributed by atoms with Crippen molar-refractivity contribution in [2.75, 3.05) is 19.7 Å². The summed E-state index contributed by atoms with van der Waals surface area (Å²) in [4.78, 5) is 14.4. The molecule has 1 fully saturated rings. The van der Waals surface area contributed by atoms with Crippen LogP contribution < -0.4 is 4.74 Å². The van der Waals surface area contributed by atoms with Gasteiger partial charge >= 0.3 is 0 Å². The molecular formula is C21H24FNO3. The van der Waals surface area contributed by atoms with E-state index in [1.54, 1.807) is 4.90 Å². The third-order valence-electron chi connectivity index (χ3n) is 4.77. The third kappa shape index (κ3) is 4.41. The van der Waals surface area contributed by atoms with E-state index < -0.39 is 5.60 Å². The highest BCUT2D eigenvalue weighted by molar-refractivity contribution is 5.94. The van der Waals surface area contributed by atoms with Crippen molar-refractivity contribution in [1.82, 2.24) is 4.90 Å². The van der Waals surface area contributed by atoms with Crippen LogP contribution in [0.4, 0.5) is 4.39 Å². The topological polar surface area (TPSA) is 49.8 Å². The van der Waals surface area contributed by atoms with Gasteiger partial charge in [-0.3, -0.25) is 4.79 Å². The van der Waals surface area contributed by atoms with Crippen molar-refractivity contribution in [1.29, 1.82) is 0 Å². The van der Waals surface area contributed by atoms with Crippen LogP contribution in [-0.2, 0) is 6.42 Å². The first-order valence-electron chi connectivity index (χ1n) is 8.98. The number of rotatable bonds is 5. The zero-order valence-corrected chi connectivity index (χ0v) is 15.0. The molecule has 5 heteroatoms. The number of nitrogens with zero attached hydrogens (tertiary/aromatic N) is 1. The van der Waals surface area contributed by atoms with E-state index >= 15 is 0 Å². The van der Waals surface area contributed by atoms with Crippen LogP contribution in [0.5, 0.6) is 5.75 Å². The summed E-state index contributed by atoms with van der Waals surface area (Å²) in [6, 6.07) is 13.3. The minimum atomic E-state index is -1.11. The molecule has 1 aliphatic rings. The number of carbonyl (C=O) groups is 1. The van der Waals surface area contributed by atoms with Gasteiger partial charge in [-0.1, -0.05) is 19.1 Å². The molecule has 1 atom stereocenters. The molecule has 0 aromatic heterocycles. The number of β-amino-alcohol motifs (C(OH)–C–C–N with tert-alkyl or cyclic N) is 1. The maximum Gasteiger partial charge on any atom is 0.253 e. The number of hydrogen-bond acceptors (Lipinski definition) is 3. The van der Waals surface area contributed by atoms with Gasteiger partial charge in [0.2, 0.25) is 0 Å². The van der Waals surface area contributed by atoms with Crippen LogP contribution in [-0.4, -0.2) is 41.2 Å². The van der Waals surface area contributed by atoms with Gasteiger partial charge in [-0.2, -0.15) is 0 Å². The van der Waals surface area contributed by atoms with Gasteiger partial charge in [-0.25, -0.2) is 4.39 Å². The monoisotopic (exact) mass is 357 g/mol. The van der Waals surface area contributed by atoms with Crippen molar-refractivity contribution in [3.05, 3.63) is 65.5 Å². The first kappa shape index (κ1) is 18.4. The summed E-state index contributed by atoms with van der Waals surface area (Å²) in [5, 5.41) is 10.8. The quantitative estimate of drug-likeness (QED) is 0.892.